The summed E-state index contributed by atoms with van der Waals surface area (Å²) in [5.41, 5.74) is 0.899. The topological polar surface area (TPSA) is 20.2 Å². The largest absolute Gasteiger partial charge is 0.393 e. The van der Waals surface area contributed by atoms with Crippen molar-refractivity contribution in [3.05, 3.63) is 34.6 Å². The Morgan fingerprint density at radius 1 is 1.53 bits per heavy atom. The van der Waals surface area contributed by atoms with Crippen molar-refractivity contribution in [3.63, 3.8) is 0 Å². The van der Waals surface area contributed by atoms with Gasteiger partial charge in [0.1, 0.15) is 5.82 Å². The average molecular weight is 229 g/mol. The molecule has 1 unspecified atom stereocenters. The van der Waals surface area contributed by atoms with Gasteiger partial charge in [0.15, 0.2) is 0 Å². The first-order valence-corrected chi connectivity index (χ1v) is 5.53. The molecule has 0 aromatic heterocycles. The molecule has 0 heterocycles. The van der Waals surface area contributed by atoms with E-state index in [2.05, 4.69) is 0 Å². The molecule has 1 saturated carbocycles. The van der Waals surface area contributed by atoms with E-state index in [1.165, 1.54) is 6.07 Å². The summed E-state index contributed by atoms with van der Waals surface area (Å²) in [5, 5.41) is 9.76. The van der Waals surface area contributed by atoms with E-state index in [1.54, 1.807) is 13.0 Å². The summed E-state index contributed by atoms with van der Waals surface area (Å²) < 4.78 is 13.2. The second-order valence-electron chi connectivity index (χ2n) is 4.46. The molecule has 1 fully saturated rings. The molecule has 1 aliphatic carbocycles. The molecule has 1 atom stereocenters. The minimum absolute atomic E-state index is 0.0136. The van der Waals surface area contributed by atoms with E-state index in [4.69, 9.17) is 11.6 Å². The minimum atomic E-state index is -0.379. The van der Waals surface area contributed by atoms with E-state index in [1.807, 2.05) is 6.07 Å². The van der Waals surface area contributed by atoms with Crippen molar-refractivity contribution in [2.75, 3.05) is 0 Å². The quantitative estimate of drug-likeness (QED) is 0.843. The zero-order valence-electron chi connectivity index (χ0n) is 8.63. The molecule has 0 bridgehead atoms. The number of rotatable bonds is 3. The highest BCUT2D eigenvalue weighted by atomic mass is 35.5. The van der Waals surface area contributed by atoms with Crippen molar-refractivity contribution in [1.82, 2.24) is 0 Å². The first-order valence-electron chi connectivity index (χ1n) is 5.15. The highest BCUT2D eigenvalue weighted by molar-refractivity contribution is 6.30. The third kappa shape index (κ3) is 2.16. The van der Waals surface area contributed by atoms with Crippen molar-refractivity contribution in [3.8, 4) is 0 Å². The van der Waals surface area contributed by atoms with Crippen LogP contribution in [0.25, 0.3) is 0 Å². The van der Waals surface area contributed by atoms with E-state index < -0.39 is 0 Å². The van der Waals surface area contributed by atoms with Gasteiger partial charge in [0, 0.05) is 5.41 Å². The maximum atomic E-state index is 13.2. The molecule has 1 aromatic carbocycles. The Morgan fingerprint density at radius 2 is 2.20 bits per heavy atom. The summed E-state index contributed by atoms with van der Waals surface area (Å²) in [6, 6.07) is 4.86. The molecule has 1 aliphatic rings. The van der Waals surface area contributed by atoms with Gasteiger partial charge in [-0.25, -0.2) is 4.39 Å². The molecule has 82 valence electrons. The molecule has 0 aliphatic heterocycles. The molecule has 1 nitrogen and oxygen atoms in total. The van der Waals surface area contributed by atoms with Crippen molar-refractivity contribution >= 4 is 11.6 Å². The predicted molar refractivity (Wildman–Crippen MR) is 58.5 cm³/mol. The van der Waals surface area contributed by atoms with Gasteiger partial charge in [0.25, 0.3) is 0 Å². The lowest BCUT2D eigenvalue weighted by molar-refractivity contribution is 0.110. The van der Waals surface area contributed by atoms with Gasteiger partial charge in [-0.1, -0.05) is 17.7 Å². The Kier molecular flexibility index (Phi) is 2.73. The third-order valence-electron chi connectivity index (χ3n) is 3.32. The van der Waals surface area contributed by atoms with Crippen LogP contribution in [0.15, 0.2) is 18.2 Å². The molecule has 1 N–H and O–H groups in total. The second kappa shape index (κ2) is 3.76. The van der Waals surface area contributed by atoms with Crippen molar-refractivity contribution in [1.29, 1.82) is 0 Å². The zero-order chi connectivity index (χ0) is 11.1. The Morgan fingerprint density at radius 3 is 2.67 bits per heavy atom. The number of halogens is 2. The van der Waals surface area contributed by atoms with Gasteiger partial charge in [0.2, 0.25) is 0 Å². The minimum Gasteiger partial charge on any atom is -0.393 e. The summed E-state index contributed by atoms with van der Waals surface area (Å²) in [4.78, 5) is 0. The van der Waals surface area contributed by atoms with E-state index in [9.17, 15) is 9.50 Å². The van der Waals surface area contributed by atoms with Crippen LogP contribution in [-0.2, 0) is 6.42 Å². The first-order chi connectivity index (χ1) is 7.03. The smallest absolute Gasteiger partial charge is 0.142 e. The van der Waals surface area contributed by atoms with Crippen molar-refractivity contribution in [2.45, 2.75) is 32.3 Å². The zero-order valence-corrected chi connectivity index (χ0v) is 9.39. The average Bonchev–Trinajstić information content (AvgIpc) is 2.93. The highest BCUT2D eigenvalue weighted by Crippen LogP contribution is 2.51. The summed E-state index contributed by atoms with van der Waals surface area (Å²) >= 11 is 5.61. The Hall–Kier alpha value is -0.600. The van der Waals surface area contributed by atoms with Gasteiger partial charge in [0.05, 0.1) is 11.1 Å². The molecule has 1 aromatic rings. The maximum absolute atomic E-state index is 13.2. The predicted octanol–water partition coefficient (Wildman–Crippen LogP) is 3.18. The normalized spacial score (nSPS) is 20.0. The lowest BCUT2D eigenvalue weighted by Crippen LogP contribution is -2.20. The first kappa shape index (κ1) is 10.9. The van der Waals surface area contributed by atoms with E-state index in [0.717, 1.165) is 24.8 Å². The van der Waals surface area contributed by atoms with Gasteiger partial charge in [-0.05, 0) is 43.9 Å². The molecule has 15 heavy (non-hydrogen) atoms. The van der Waals surface area contributed by atoms with Crippen LogP contribution in [0, 0.1) is 11.2 Å². The standard InChI is InChI=1S/C12H14ClFO/c1-8(15)12(4-5-12)7-9-2-3-10(13)11(14)6-9/h2-3,6,8,15H,4-5,7H2,1H3. The second-order valence-corrected chi connectivity index (χ2v) is 4.87. The van der Waals surface area contributed by atoms with Crippen LogP contribution in [-0.4, -0.2) is 11.2 Å². The molecule has 0 amide bonds. The number of aliphatic hydroxyl groups is 1. The number of hydrogen-bond acceptors (Lipinski definition) is 1. The van der Waals surface area contributed by atoms with Crippen LogP contribution in [0.2, 0.25) is 5.02 Å². The van der Waals surface area contributed by atoms with Gasteiger partial charge >= 0.3 is 0 Å². The van der Waals surface area contributed by atoms with Crippen LogP contribution < -0.4 is 0 Å². The fourth-order valence-electron chi connectivity index (χ4n) is 1.96. The number of hydrogen-bond donors (Lipinski definition) is 1. The van der Waals surface area contributed by atoms with Crippen molar-refractivity contribution < 1.29 is 9.50 Å². The van der Waals surface area contributed by atoms with Crippen LogP contribution in [0.4, 0.5) is 4.39 Å². The summed E-state index contributed by atoms with van der Waals surface area (Å²) in [7, 11) is 0. The molecule has 3 heteroatoms. The van der Waals surface area contributed by atoms with Crippen molar-refractivity contribution in [2.24, 2.45) is 5.41 Å². The molecule has 0 saturated heterocycles. The lowest BCUT2D eigenvalue weighted by atomic mass is 9.92. The van der Waals surface area contributed by atoms with Crippen LogP contribution in [0.3, 0.4) is 0 Å². The number of benzene rings is 1. The summed E-state index contributed by atoms with van der Waals surface area (Å²) in [6.07, 6.45) is 2.46. The van der Waals surface area contributed by atoms with Gasteiger partial charge in [-0.15, -0.1) is 0 Å². The van der Waals surface area contributed by atoms with Crippen LogP contribution >= 0.6 is 11.6 Å². The maximum Gasteiger partial charge on any atom is 0.142 e. The highest BCUT2D eigenvalue weighted by Gasteiger charge is 2.46. The lowest BCUT2D eigenvalue weighted by Gasteiger charge is -2.18. The van der Waals surface area contributed by atoms with E-state index >= 15 is 0 Å². The third-order valence-corrected chi connectivity index (χ3v) is 3.63. The fourth-order valence-corrected chi connectivity index (χ4v) is 2.08. The number of aliphatic hydroxyl groups excluding tert-OH is 1. The SMILES string of the molecule is CC(O)C1(Cc2ccc(Cl)c(F)c2)CC1. The fraction of sp³-hybridized carbons (Fsp3) is 0.500. The van der Waals surface area contributed by atoms with Gasteiger partial charge < -0.3 is 5.11 Å². The summed E-state index contributed by atoms with van der Waals surface area (Å²) in [6.45, 7) is 1.80. The Labute approximate surface area is 93.9 Å². The molecular formula is C12H14ClFO. The molecule has 2 rings (SSSR count). The Bertz CT molecular complexity index is 372. The van der Waals surface area contributed by atoms with E-state index in [0.29, 0.717) is 0 Å². The molecule has 0 radical (unpaired) electrons. The Balaban J connectivity index is 2.15. The van der Waals surface area contributed by atoms with Gasteiger partial charge in [-0.2, -0.15) is 0 Å². The summed E-state index contributed by atoms with van der Waals surface area (Å²) in [5.74, 6) is -0.379. The molecular weight excluding hydrogens is 215 g/mol. The van der Waals surface area contributed by atoms with Crippen LogP contribution in [0.5, 0.6) is 0 Å². The molecule has 0 spiro atoms. The van der Waals surface area contributed by atoms with Gasteiger partial charge in [-0.3, -0.25) is 0 Å². The van der Waals surface area contributed by atoms with E-state index in [-0.39, 0.29) is 22.4 Å². The van der Waals surface area contributed by atoms with Crippen LogP contribution in [0.1, 0.15) is 25.3 Å². The monoisotopic (exact) mass is 228 g/mol.